The normalized spacial score (nSPS) is 19.8. The van der Waals surface area contributed by atoms with Crippen molar-refractivity contribution in [2.75, 3.05) is 26.8 Å². The van der Waals surface area contributed by atoms with Crippen molar-refractivity contribution in [1.82, 2.24) is 5.32 Å². The highest BCUT2D eigenvalue weighted by atomic mass is 16.5. The number of nitrogens with one attached hydrogen (secondary N) is 1. The molecule has 0 amide bonds. The van der Waals surface area contributed by atoms with Crippen LogP contribution >= 0.6 is 0 Å². The summed E-state index contributed by atoms with van der Waals surface area (Å²) in [6.07, 6.45) is 5.42. The maximum absolute atomic E-state index is 6.40. The van der Waals surface area contributed by atoms with Crippen molar-refractivity contribution in [2.45, 2.75) is 25.0 Å². The van der Waals surface area contributed by atoms with Gasteiger partial charge >= 0.3 is 0 Å². The van der Waals surface area contributed by atoms with Crippen LogP contribution in [0.1, 0.15) is 29.0 Å². The van der Waals surface area contributed by atoms with E-state index in [1.165, 1.54) is 27.5 Å². The zero-order chi connectivity index (χ0) is 19.9. The van der Waals surface area contributed by atoms with E-state index in [1.807, 2.05) is 6.08 Å². The van der Waals surface area contributed by atoms with Gasteiger partial charge in [0.1, 0.15) is 0 Å². The van der Waals surface area contributed by atoms with E-state index in [0.29, 0.717) is 19.1 Å². The molecule has 3 nitrogen and oxygen atoms in total. The lowest BCUT2D eigenvalue weighted by molar-refractivity contribution is 0.0106. The van der Waals surface area contributed by atoms with Gasteiger partial charge in [0.2, 0.25) is 0 Å². The Morgan fingerprint density at radius 3 is 2.66 bits per heavy atom. The van der Waals surface area contributed by atoms with Crippen molar-refractivity contribution in [2.24, 2.45) is 0 Å². The highest BCUT2D eigenvalue weighted by Gasteiger charge is 2.27. The Balaban J connectivity index is 1.42. The summed E-state index contributed by atoms with van der Waals surface area (Å²) in [4.78, 5) is 0. The van der Waals surface area contributed by atoms with Gasteiger partial charge in [0.25, 0.3) is 0 Å². The Morgan fingerprint density at radius 2 is 1.83 bits per heavy atom. The molecule has 2 unspecified atom stereocenters. The SMILES string of the molecule is COCC=Cc1ccc(C2CCNCC2OCc2ccc3ccccc3c2)cc1. The molecule has 1 aliphatic heterocycles. The highest BCUT2D eigenvalue weighted by molar-refractivity contribution is 5.82. The molecule has 0 bridgehead atoms. The monoisotopic (exact) mass is 387 g/mol. The first-order chi connectivity index (χ1) is 14.3. The molecule has 0 radical (unpaired) electrons. The summed E-state index contributed by atoms with van der Waals surface area (Å²) in [5.41, 5.74) is 3.79. The summed E-state index contributed by atoms with van der Waals surface area (Å²) >= 11 is 0. The standard InChI is InChI=1S/C26H29NO2/c1-28-16-4-5-20-8-12-23(13-9-20)25-14-15-27-18-26(25)29-19-21-10-11-22-6-2-3-7-24(22)17-21/h2-13,17,25-27H,14-16,18-19H2,1H3. The average Bonchev–Trinajstić information content (AvgIpc) is 2.78. The second-order valence-electron chi connectivity index (χ2n) is 7.65. The van der Waals surface area contributed by atoms with E-state index >= 15 is 0 Å². The van der Waals surface area contributed by atoms with Gasteiger partial charge in [-0.05, 0) is 46.5 Å². The number of hydrogen-bond donors (Lipinski definition) is 1. The number of ether oxygens (including phenoxy) is 2. The Labute approximate surface area is 173 Å². The van der Waals surface area contributed by atoms with Gasteiger partial charge in [-0.25, -0.2) is 0 Å². The summed E-state index contributed by atoms with van der Waals surface area (Å²) in [7, 11) is 1.71. The molecule has 2 atom stereocenters. The van der Waals surface area contributed by atoms with Crippen molar-refractivity contribution < 1.29 is 9.47 Å². The zero-order valence-corrected chi connectivity index (χ0v) is 17.0. The van der Waals surface area contributed by atoms with Crippen molar-refractivity contribution in [3.05, 3.63) is 89.5 Å². The van der Waals surface area contributed by atoms with Crippen molar-refractivity contribution >= 4 is 16.8 Å². The van der Waals surface area contributed by atoms with Crippen LogP contribution in [0, 0.1) is 0 Å². The molecule has 3 aromatic rings. The number of benzene rings is 3. The van der Waals surface area contributed by atoms with Crippen LogP contribution < -0.4 is 5.32 Å². The van der Waals surface area contributed by atoms with E-state index in [4.69, 9.17) is 9.47 Å². The molecule has 1 N–H and O–H groups in total. The minimum atomic E-state index is 0.185. The average molecular weight is 388 g/mol. The molecule has 1 aliphatic rings. The number of methoxy groups -OCH3 is 1. The molecule has 4 rings (SSSR count). The zero-order valence-electron chi connectivity index (χ0n) is 17.0. The fourth-order valence-electron chi connectivity index (χ4n) is 4.05. The van der Waals surface area contributed by atoms with Crippen molar-refractivity contribution in [3.63, 3.8) is 0 Å². The minimum Gasteiger partial charge on any atom is -0.381 e. The molecular weight excluding hydrogens is 358 g/mol. The summed E-state index contributed by atoms with van der Waals surface area (Å²) in [6, 6.07) is 23.9. The largest absolute Gasteiger partial charge is 0.381 e. The number of piperidine rings is 1. The molecule has 1 fully saturated rings. The maximum Gasteiger partial charge on any atom is 0.0772 e. The fraction of sp³-hybridized carbons (Fsp3) is 0.308. The van der Waals surface area contributed by atoms with Crippen LogP contribution in [0.4, 0.5) is 0 Å². The second-order valence-corrected chi connectivity index (χ2v) is 7.65. The molecule has 29 heavy (non-hydrogen) atoms. The predicted octanol–water partition coefficient (Wildman–Crippen LogP) is 5.16. The van der Waals surface area contributed by atoms with Crippen LogP contribution in [0.3, 0.4) is 0 Å². The Hall–Kier alpha value is -2.46. The lowest BCUT2D eigenvalue weighted by atomic mass is 9.87. The molecule has 0 saturated carbocycles. The van der Waals surface area contributed by atoms with E-state index in [-0.39, 0.29) is 6.10 Å². The van der Waals surface area contributed by atoms with E-state index < -0.39 is 0 Å². The van der Waals surface area contributed by atoms with E-state index in [9.17, 15) is 0 Å². The number of rotatable bonds is 7. The summed E-state index contributed by atoms with van der Waals surface area (Å²) < 4.78 is 11.5. The molecule has 1 saturated heterocycles. The van der Waals surface area contributed by atoms with Crippen molar-refractivity contribution in [3.8, 4) is 0 Å². The molecule has 0 aromatic heterocycles. The van der Waals surface area contributed by atoms with Crippen LogP contribution in [0.25, 0.3) is 16.8 Å². The van der Waals surface area contributed by atoms with Gasteiger partial charge < -0.3 is 14.8 Å². The molecule has 150 valence electrons. The van der Waals surface area contributed by atoms with E-state index in [2.05, 4.69) is 78.1 Å². The van der Waals surface area contributed by atoms with Gasteiger partial charge in [-0.15, -0.1) is 0 Å². The van der Waals surface area contributed by atoms with Gasteiger partial charge in [-0.2, -0.15) is 0 Å². The first kappa shape index (κ1) is 19.8. The highest BCUT2D eigenvalue weighted by Crippen LogP contribution is 2.29. The van der Waals surface area contributed by atoms with Crippen molar-refractivity contribution in [1.29, 1.82) is 0 Å². The van der Waals surface area contributed by atoms with Gasteiger partial charge in [0.15, 0.2) is 0 Å². The summed E-state index contributed by atoms with van der Waals surface area (Å²) in [5, 5.41) is 6.04. The van der Waals surface area contributed by atoms with E-state index in [0.717, 1.165) is 19.5 Å². The fourth-order valence-corrected chi connectivity index (χ4v) is 4.05. The Bertz CT molecular complexity index is 948. The third-order valence-electron chi connectivity index (χ3n) is 5.64. The quantitative estimate of drug-likeness (QED) is 0.607. The van der Waals surface area contributed by atoms with Crippen LogP contribution in [0.5, 0.6) is 0 Å². The third-order valence-corrected chi connectivity index (χ3v) is 5.64. The second kappa shape index (κ2) is 9.84. The minimum absolute atomic E-state index is 0.185. The molecule has 0 aliphatic carbocycles. The first-order valence-corrected chi connectivity index (χ1v) is 10.4. The van der Waals surface area contributed by atoms with Gasteiger partial charge in [-0.3, -0.25) is 0 Å². The lowest BCUT2D eigenvalue weighted by Gasteiger charge is -2.32. The van der Waals surface area contributed by atoms with Crippen LogP contribution in [-0.2, 0) is 16.1 Å². The smallest absolute Gasteiger partial charge is 0.0772 e. The Morgan fingerprint density at radius 1 is 1.00 bits per heavy atom. The van der Waals surface area contributed by atoms with Gasteiger partial charge in [0.05, 0.1) is 19.3 Å². The molecular formula is C26H29NO2. The van der Waals surface area contributed by atoms with E-state index in [1.54, 1.807) is 7.11 Å². The lowest BCUT2D eigenvalue weighted by Crippen LogP contribution is -2.40. The molecule has 3 heteroatoms. The summed E-state index contributed by atoms with van der Waals surface area (Å²) in [6.45, 7) is 3.22. The molecule has 0 spiro atoms. The maximum atomic E-state index is 6.40. The van der Waals surface area contributed by atoms with Crippen LogP contribution in [0.15, 0.2) is 72.8 Å². The molecule has 1 heterocycles. The third kappa shape index (κ3) is 5.13. The van der Waals surface area contributed by atoms with Crippen LogP contribution in [-0.4, -0.2) is 32.9 Å². The van der Waals surface area contributed by atoms with Crippen LogP contribution in [0.2, 0.25) is 0 Å². The number of fused-ring (bicyclic) bond motifs is 1. The molecule has 3 aromatic carbocycles. The van der Waals surface area contributed by atoms with Gasteiger partial charge in [-0.1, -0.05) is 72.8 Å². The number of hydrogen-bond acceptors (Lipinski definition) is 3. The topological polar surface area (TPSA) is 30.5 Å². The predicted molar refractivity (Wildman–Crippen MR) is 120 cm³/mol. The first-order valence-electron chi connectivity index (χ1n) is 10.4. The Kier molecular flexibility index (Phi) is 6.73. The summed E-state index contributed by atoms with van der Waals surface area (Å²) in [5.74, 6) is 0.425. The van der Waals surface area contributed by atoms with Gasteiger partial charge in [0, 0.05) is 19.6 Å².